The van der Waals surface area contributed by atoms with Gasteiger partial charge in [0.2, 0.25) is 0 Å². The van der Waals surface area contributed by atoms with Gasteiger partial charge in [-0.25, -0.2) is 9.59 Å². The molecule has 38 heteroatoms. The molecule has 0 atom stereocenters. The van der Waals surface area contributed by atoms with Crippen LogP contribution in [0.1, 0.15) is 67.2 Å². The molecule has 2 aliphatic rings. The Morgan fingerprint density at radius 2 is 0.720 bits per heavy atom. The second-order valence-corrected chi connectivity index (χ2v) is 27.8. The number of alkyl halides is 13. The second kappa shape index (κ2) is 39.4. The van der Waals surface area contributed by atoms with E-state index in [0.29, 0.717) is 82.8 Å². The summed E-state index contributed by atoms with van der Waals surface area (Å²) in [4.78, 5) is 58.3. The normalized spacial score (nSPS) is 12.9. The van der Waals surface area contributed by atoms with E-state index < -0.39 is 49.6 Å². The van der Waals surface area contributed by atoms with E-state index in [1.54, 1.807) is 98.5 Å². The Hall–Kier alpha value is -12.5. The Bertz CT molecular complexity index is 5370. The van der Waals surface area contributed by atoms with E-state index in [9.17, 15) is 76.7 Å². The molecular formula is C80H73BrF12N6O19. The van der Waals surface area contributed by atoms with Crippen LogP contribution in [-0.4, -0.2) is 142 Å². The standard InChI is InChI=1S/C20H17F3N2O4.C20H18F3NO5.C16H10F3NO5.C14H8F3NO3.C6H11BrO2.C4H9N/c21-20(22,23)28-15-6-3-13(4-7-15)14-5-8-17-16(11-14)19(24-29-17)27-12-18(26)25-9-1-2-10-25;1-19(2,3)28-17(25)11-26-18-15-10-13(6-9-16(15)29-24-18)12-4-7-14(8-5-12)27-20(21,22)23;17-16(18,19)24-11-4-1-9(2-5-11)10-3-6-13-12(7-10)15(20-25-13)23-8-14(21)22;15-14(16,17)20-10-4-1-8(2-5-10)9-3-6-12-11(7-9)13(19)18-21-12;1-6(2,3)9-5(8)4-7;1-2-4-5-3-1/h3-8,11H,1-2,9-10,12H2;4-10H,11H2,1-3H3;1-7H,8H2,(H,21,22);1-7H,(H,18,19);4H2,1-3H3;5H,1-4H2. The fourth-order valence-corrected chi connectivity index (χ4v) is 11.1. The van der Waals surface area contributed by atoms with Crippen molar-refractivity contribution in [2.75, 3.05) is 51.3 Å². The zero-order valence-corrected chi connectivity index (χ0v) is 64.7. The first kappa shape index (κ1) is 89.5. The van der Waals surface area contributed by atoms with Gasteiger partial charge in [-0.05, 0) is 237 Å². The molecule has 14 rings (SSSR count). The van der Waals surface area contributed by atoms with Gasteiger partial charge in [0.05, 0.1) is 21.5 Å². The number of nitrogens with one attached hydrogen (secondary N) is 2. The molecule has 2 aliphatic heterocycles. The van der Waals surface area contributed by atoms with Crippen LogP contribution >= 0.6 is 15.9 Å². The molecule has 25 nitrogen and oxygen atoms in total. The van der Waals surface area contributed by atoms with Gasteiger partial charge in [-0.2, -0.15) is 5.16 Å². The number of carboxylic acid groups (broad SMARTS) is 1. The Kier molecular flexibility index (Phi) is 29.9. The smallest absolute Gasteiger partial charge is 0.479 e. The maximum absolute atomic E-state index is 12.3. The SMILES string of the molecule is C1CCNC1.CC(C)(C)OC(=O)CBr.CC(C)(C)OC(=O)COc1noc2ccc(-c3ccc(OC(F)(F)F)cc3)cc12.O=C(COc1noc2ccc(-c3ccc(OC(F)(F)F)cc3)cc12)N1CCCC1.O=C(O)COc1noc2ccc(-c3ccc(OC(F)(F)F)cc3)cc12.O=c1[nH]oc2ccc(-c3ccc(OC(F)(F)F)cc3)cc12. The number of benzene rings is 8. The predicted molar refractivity (Wildman–Crippen MR) is 405 cm³/mol. The summed E-state index contributed by atoms with van der Waals surface area (Å²) in [5.74, 6) is -2.92. The summed E-state index contributed by atoms with van der Waals surface area (Å²) in [5, 5.41) is 27.6. The minimum Gasteiger partial charge on any atom is -0.479 e. The van der Waals surface area contributed by atoms with Crippen LogP contribution < -0.4 is 44.0 Å². The number of hydrogen-bond donors (Lipinski definition) is 3. The van der Waals surface area contributed by atoms with Gasteiger partial charge in [-0.1, -0.05) is 88.7 Å². The van der Waals surface area contributed by atoms with E-state index in [2.05, 4.69) is 60.8 Å². The third-order valence-corrected chi connectivity index (χ3v) is 16.3. The summed E-state index contributed by atoms with van der Waals surface area (Å²) in [6.07, 6.45) is -14.2. The fraction of sp³-hybridized carbons (Fsp3) is 0.300. The van der Waals surface area contributed by atoms with E-state index in [1.165, 1.54) is 123 Å². The van der Waals surface area contributed by atoms with E-state index in [0.717, 1.165) is 31.5 Å². The summed E-state index contributed by atoms with van der Waals surface area (Å²) >= 11 is 2.99. The molecule has 12 aromatic rings. The van der Waals surface area contributed by atoms with Crippen LogP contribution in [0.25, 0.3) is 88.4 Å². The number of rotatable bonds is 18. The maximum atomic E-state index is 12.3. The minimum atomic E-state index is -4.75. The molecule has 1 amide bonds. The summed E-state index contributed by atoms with van der Waals surface area (Å²) in [5.41, 5.74) is 5.77. The number of fused-ring (bicyclic) bond motifs is 4. The monoisotopic (exact) mass is 1730 g/mol. The number of halogens is 13. The zero-order chi connectivity index (χ0) is 85.8. The zero-order valence-electron chi connectivity index (χ0n) is 63.1. The molecule has 4 aromatic heterocycles. The van der Waals surface area contributed by atoms with Gasteiger partial charge in [0.15, 0.2) is 42.2 Å². The number of likely N-dealkylation sites (tertiary alicyclic amines) is 1. The number of nitrogens with zero attached hydrogens (tertiary/aromatic N) is 4. The molecule has 8 aromatic carbocycles. The lowest BCUT2D eigenvalue weighted by atomic mass is 10.0. The van der Waals surface area contributed by atoms with E-state index in [4.69, 9.17) is 46.9 Å². The largest absolute Gasteiger partial charge is 0.573 e. The Labute approximate surface area is 669 Å². The molecule has 0 aliphatic carbocycles. The highest BCUT2D eigenvalue weighted by Crippen LogP contribution is 2.37. The number of esters is 2. The molecule has 3 N–H and O–H groups in total. The van der Waals surface area contributed by atoms with E-state index in [1.807, 2.05) is 20.8 Å². The summed E-state index contributed by atoms with van der Waals surface area (Å²) in [7, 11) is 0. The third-order valence-electron chi connectivity index (χ3n) is 15.8. The Morgan fingerprint density at radius 3 is 1.02 bits per heavy atom. The highest BCUT2D eigenvalue weighted by Gasteiger charge is 2.34. The lowest BCUT2D eigenvalue weighted by Gasteiger charge is -2.19. The maximum Gasteiger partial charge on any atom is 0.573 e. The van der Waals surface area contributed by atoms with E-state index >= 15 is 0 Å². The highest BCUT2D eigenvalue weighted by molar-refractivity contribution is 9.09. The van der Waals surface area contributed by atoms with Gasteiger partial charge in [0.25, 0.3) is 29.1 Å². The van der Waals surface area contributed by atoms with Crippen LogP contribution in [0.3, 0.4) is 0 Å². The molecular weight excluding hydrogens is 1660 g/mol. The van der Waals surface area contributed by atoms with E-state index in [-0.39, 0.29) is 82.2 Å². The van der Waals surface area contributed by atoms with Crippen molar-refractivity contribution in [3.8, 4) is 85.1 Å². The van der Waals surface area contributed by atoms with Crippen molar-refractivity contribution in [3.05, 3.63) is 180 Å². The topological polar surface area (TPSA) is 311 Å². The molecule has 118 heavy (non-hydrogen) atoms. The first-order valence-electron chi connectivity index (χ1n) is 35.4. The second-order valence-electron chi connectivity index (χ2n) is 27.2. The molecule has 2 fully saturated rings. The average Bonchev–Trinajstić information content (AvgIpc) is 1.64. The van der Waals surface area contributed by atoms with Gasteiger partial charge < -0.3 is 76.0 Å². The third kappa shape index (κ3) is 28.8. The minimum absolute atomic E-state index is 0.0243. The van der Waals surface area contributed by atoms with Crippen LogP contribution in [-0.2, 0) is 28.7 Å². The van der Waals surface area contributed by atoms with Crippen LogP contribution in [0.5, 0.6) is 40.6 Å². The summed E-state index contributed by atoms with van der Waals surface area (Å²) in [6.45, 7) is 13.7. The molecule has 6 heterocycles. The Morgan fingerprint density at radius 1 is 0.415 bits per heavy atom. The quantitative estimate of drug-likeness (QED) is 0.0408. The fourth-order valence-electron chi connectivity index (χ4n) is 10.9. The van der Waals surface area contributed by atoms with Crippen LogP contribution in [0.4, 0.5) is 52.7 Å². The number of ether oxygens (including phenoxy) is 9. The van der Waals surface area contributed by atoms with Gasteiger partial charge in [-0.15, -0.1) is 52.7 Å². The number of carbonyl (C=O) groups excluding carboxylic acids is 3. The number of aromatic amines is 1. The van der Waals surface area contributed by atoms with Crippen molar-refractivity contribution >= 4 is 83.6 Å². The van der Waals surface area contributed by atoms with Gasteiger partial charge >= 0.3 is 43.4 Å². The molecule has 0 spiro atoms. The van der Waals surface area contributed by atoms with Crippen molar-refractivity contribution in [3.63, 3.8) is 0 Å². The van der Waals surface area contributed by atoms with Crippen molar-refractivity contribution in [1.82, 2.24) is 30.8 Å². The van der Waals surface area contributed by atoms with Gasteiger partial charge in [0, 0.05) is 13.1 Å². The van der Waals surface area contributed by atoms with Crippen molar-refractivity contribution < 1.29 is 138 Å². The number of H-pyrrole nitrogens is 1. The van der Waals surface area contributed by atoms with Crippen LogP contribution in [0.15, 0.2) is 193 Å². The number of amides is 1. The van der Waals surface area contributed by atoms with Crippen molar-refractivity contribution in [2.45, 2.75) is 104 Å². The molecule has 0 unspecified atom stereocenters. The molecule has 0 saturated carbocycles. The predicted octanol–water partition coefficient (Wildman–Crippen LogP) is 19.1. The molecule has 0 radical (unpaired) electrons. The average molecular weight is 1730 g/mol. The first-order valence-corrected chi connectivity index (χ1v) is 36.5. The first-order chi connectivity index (χ1) is 55.6. The number of hydrogen-bond acceptors (Lipinski definition) is 22. The number of carbonyl (C=O) groups is 4. The number of carboxylic acids is 1. The lowest BCUT2D eigenvalue weighted by Crippen LogP contribution is -2.32. The summed E-state index contributed by atoms with van der Waals surface area (Å²) in [6, 6.07) is 41.8. The number of aromatic nitrogens is 4. The van der Waals surface area contributed by atoms with Gasteiger partial charge in [0.1, 0.15) is 39.5 Å². The van der Waals surface area contributed by atoms with Crippen LogP contribution in [0, 0.1) is 0 Å². The Balaban J connectivity index is 0.000000170. The van der Waals surface area contributed by atoms with Crippen LogP contribution in [0.2, 0.25) is 0 Å². The summed E-state index contributed by atoms with van der Waals surface area (Å²) < 4.78 is 208. The van der Waals surface area contributed by atoms with Crippen molar-refractivity contribution in [2.24, 2.45) is 0 Å². The highest BCUT2D eigenvalue weighted by atomic mass is 79.9. The molecule has 2 saturated heterocycles. The van der Waals surface area contributed by atoms with Crippen molar-refractivity contribution in [1.29, 1.82) is 0 Å². The molecule has 628 valence electrons. The lowest BCUT2D eigenvalue weighted by molar-refractivity contribution is -0.275. The van der Waals surface area contributed by atoms with Gasteiger partial charge in [-0.3, -0.25) is 14.4 Å². The number of aliphatic carboxylic acids is 1. The molecule has 0 bridgehead atoms.